The van der Waals surface area contributed by atoms with E-state index < -0.39 is 17.5 Å². The molecule has 1 aromatic carbocycles. The van der Waals surface area contributed by atoms with Gasteiger partial charge in [0, 0.05) is 13.1 Å². The Balaban J connectivity index is 1.84. The fourth-order valence-corrected chi connectivity index (χ4v) is 2.58. The minimum Gasteiger partial charge on any atom is -0.505 e. The molecule has 0 aliphatic heterocycles. The van der Waals surface area contributed by atoms with E-state index in [9.17, 15) is 14.3 Å². The van der Waals surface area contributed by atoms with Crippen molar-refractivity contribution >= 4 is 6.09 Å². The molecule has 0 spiro atoms. The Morgan fingerprint density at radius 1 is 1.39 bits per heavy atom. The Kier molecular flexibility index (Phi) is 5.14. The van der Waals surface area contributed by atoms with Gasteiger partial charge in [0.1, 0.15) is 5.60 Å². The van der Waals surface area contributed by atoms with Gasteiger partial charge in [-0.05, 0) is 57.7 Å². The van der Waals surface area contributed by atoms with Gasteiger partial charge in [0.2, 0.25) is 0 Å². The van der Waals surface area contributed by atoms with Crippen LogP contribution in [-0.2, 0) is 11.3 Å². The topological polar surface area (TPSA) is 70.6 Å². The molecule has 0 unspecified atom stereocenters. The molecular weight excluding hydrogens is 299 g/mol. The van der Waals surface area contributed by atoms with Crippen LogP contribution in [0.15, 0.2) is 18.2 Å². The summed E-state index contributed by atoms with van der Waals surface area (Å²) in [5.41, 5.74) is -0.0730. The zero-order valence-corrected chi connectivity index (χ0v) is 13.9. The Morgan fingerprint density at radius 3 is 2.61 bits per heavy atom. The fraction of sp³-hybridized carbons (Fsp3) is 0.588. The molecule has 2 rings (SSSR count). The molecule has 0 saturated heterocycles. The van der Waals surface area contributed by atoms with Crippen molar-refractivity contribution in [2.45, 2.75) is 57.7 Å². The molecule has 0 aromatic heterocycles. The van der Waals surface area contributed by atoms with E-state index in [0.29, 0.717) is 13.1 Å². The van der Waals surface area contributed by atoms with Crippen LogP contribution in [0.3, 0.4) is 0 Å². The number of phenols is 1. The first kappa shape index (κ1) is 17.5. The van der Waals surface area contributed by atoms with Crippen molar-refractivity contribution < 1.29 is 19.0 Å². The highest BCUT2D eigenvalue weighted by atomic mass is 19.1. The van der Waals surface area contributed by atoms with Crippen LogP contribution in [0.1, 0.15) is 45.6 Å². The number of aromatic hydroxyl groups is 1. The zero-order chi connectivity index (χ0) is 17.1. The normalized spacial score (nSPS) is 16.5. The van der Waals surface area contributed by atoms with Gasteiger partial charge in [-0.2, -0.15) is 0 Å². The minimum atomic E-state index is -0.630. The molecule has 5 nitrogen and oxygen atoms in total. The lowest BCUT2D eigenvalue weighted by molar-refractivity contribution is 0.0382. The van der Waals surface area contributed by atoms with Gasteiger partial charge in [0.15, 0.2) is 11.6 Å². The van der Waals surface area contributed by atoms with Crippen LogP contribution in [0.25, 0.3) is 0 Å². The maximum absolute atomic E-state index is 13.3. The zero-order valence-electron chi connectivity index (χ0n) is 13.9. The van der Waals surface area contributed by atoms with E-state index in [4.69, 9.17) is 4.74 Å². The third-order valence-corrected chi connectivity index (χ3v) is 3.88. The van der Waals surface area contributed by atoms with Crippen LogP contribution < -0.4 is 10.6 Å². The molecule has 6 heteroatoms. The van der Waals surface area contributed by atoms with E-state index in [2.05, 4.69) is 10.6 Å². The number of ether oxygens (including phenoxy) is 1. The summed E-state index contributed by atoms with van der Waals surface area (Å²) in [4.78, 5) is 11.9. The van der Waals surface area contributed by atoms with Crippen molar-refractivity contribution in [3.63, 3.8) is 0 Å². The lowest BCUT2D eigenvalue weighted by atomic mass is 9.76. The Hall–Kier alpha value is -1.82. The second-order valence-corrected chi connectivity index (χ2v) is 7.15. The van der Waals surface area contributed by atoms with Gasteiger partial charge < -0.3 is 20.5 Å². The fourth-order valence-electron chi connectivity index (χ4n) is 2.58. The largest absolute Gasteiger partial charge is 0.505 e. The van der Waals surface area contributed by atoms with Crippen LogP contribution in [0.4, 0.5) is 9.18 Å². The van der Waals surface area contributed by atoms with E-state index in [-0.39, 0.29) is 11.3 Å². The third kappa shape index (κ3) is 5.10. The highest BCUT2D eigenvalue weighted by Crippen LogP contribution is 2.31. The first-order valence-corrected chi connectivity index (χ1v) is 7.88. The molecule has 0 radical (unpaired) electrons. The number of nitrogens with one attached hydrogen (secondary N) is 2. The molecule has 23 heavy (non-hydrogen) atoms. The summed E-state index contributed by atoms with van der Waals surface area (Å²) >= 11 is 0. The predicted octanol–water partition coefficient (Wildman–Crippen LogP) is 3.07. The molecule has 128 valence electrons. The van der Waals surface area contributed by atoms with E-state index in [1.807, 2.05) is 20.8 Å². The van der Waals surface area contributed by atoms with Gasteiger partial charge in [-0.25, -0.2) is 9.18 Å². The molecule has 0 heterocycles. The summed E-state index contributed by atoms with van der Waals surface area (Å²) < 4.78 is 18.6. The van der Waals surface area contributed by atoms with Crippen LogP contribution in [-0.4, -0.2) is 28.9 Å². The highest BCUT2D eigenvalue weighted by molar-refractivity contribution is 5.69. The van der Waals surface area contributed by atoms with Crippen LogP contribution in [0.5, 0.6) is 5.75 Å². The van der Waals surface area contributed by atoms with Crippen molar-refractivity contribution in [2.75, 3.05) is 6.54 Å². The van der Waals surface area contributed by atoms with Crippen LogP contribution >= 0.6 is 0 Å². The number of amides is 1. The third-order valence-electron chi connectivity index (χ3n) is 3.88. The van der Waals surface area contributed by atoms with Gasteiger partial charge in [-0.3, -0.25) is 0 Å². The first-order chi connectivity index (χ1) is 10.7. The standard InChI is InChI=1S/C17H25FN2O3/c1-16(2,3)23-15(22)20-17(7-4-8-17)11-19-10-12-5-6-14(21)13(18)9-12/h5-6,9,19,21H,4,7-8,10-11H2,1-3H3,(H,20,22). The summed E-state index contributed by atoms with van der Waals surface area (Å²) in [6, 6.07) is 4.31. The molecule has 0 bridgehead atoms. The monoisotopic (exact) mass is 324 g/mol. The Morgan fingerprint density at radius 2 is 2.09 bits per heavy atom. The summed E-state index contributed by atoms with van der Waals surface area (Å²) in [7, 11) is 0. The number of halogens is 1. The average Bonchev–Trinajstić information content (AvgIpc) is 2.37. The van der Waals surface area contributed by atoms with E-state index in [1.54, 1.807) is 6.07 Å². The van der Waals surface area contributed by atoms with Crippen molar-refractivity contribution in [2.24, 2.45) is 0 Å². The molecule has 0 atom stereocenters. The maximum Gasteiger partial charge on any atom is 0.408 e. The van der Waals surface area contributed by atoms with Crippen molar-refractivity contribution in [3.8, 4) is 5.75 Å². The van der Waals surface area contributed by atoms with Gasteiger partial charge in [0.25, 0.3) is 0 Å². The quantitative estimate of drug-likeness (QED) is 0.778. The van der Waals surface area contributed by atoms with Crippen molar-refractivity contribution in [1.82, 2.24) is 10.6 Å². The summed E-state index contributed by atoms with van der Waals surface area (Å²) in [5, 5.41) is 15.4. The SMILES string of the molecule is CC(C)(C)OC(=O)NC1(CNCc2ccc(O)c(F)c2)CCC1. The number of hydrogen-bond donors (Lipinski definition) is 3. The lowest BCUT2D eigenvalue weighted by Gasteiger charge is -2.42. The van der Waals surface area contributed by atoms with E-state index >= 15 is 0 Å². The van der Waals surface area contributed by atoms with Crippen molar-refractivity contribution in [3.05, 3.63) is 29.6 Å². The number of phenolic OH excluding ortho intramolecular Hbond substituents is 1. The van der Waals surface area contributed by atoms with Crippen LogP contribution in [0, 0.1) is 5.82 Å². The minimum absolute atomic E-state index is 0.294. The number of carbonyl (C=O) groups is 1. The number of rotatable bonds is 5. The Labute approximate surface area is 136 Å². The number of hydrogen-bond acceptors (Lipinski definition) is 4. The second kappa shape index (κ2) is 6.74. The molecule has 1 amide bonds. The van der Waals surface area contributed by atoms with Crippen LogP contribution in [0.2, 0.25) is 0 Å². The molecule has 3 N–H and O–H groups in total. The van der Waals surface area contributed by atoms with Crippen molar-refractivity contribution in [1.29, 1.82) is 0 Å². The maximum atomic E-state index is 13.3. The molecule has 1 fully saturated rings. The highest BCUT2D eigenvalue weighted by Gasteiger charge is 2.39. The summed E-state index contributed by atoms with van der Waals surface area (Å²) in [6.45, 7) is 6.55. The predicted molar refractivity (Wildman–Crippen MR) is 85.7 cm³/mol. The average molecular weight is 324 g/mol. The lowest BCUT2D eigenvalue weighted by Crippen LogP contribution is -2.59. The van der Waals surface area contributed by atoms with E-state index in [1.165, 1.54) is 12.1 Å². The molecule has 1 aromatic rings. The van der Waals surface area contributed by atoms with Gasteiger partial charge in [0.05, 0.1) is 5.54 Å². The summed E-state index contributed by atoms with van der Waals surface area (Å²) in [6.07, 6.45) is 2.44. The first-order valence-electron chi connectivity index (χ1n) is 7.88. The Bertz CT molecular complexity index is 565. The smallest absolute Gasteiger partial charge is 0.408 e. The number of alkyl carbamates (subject to hydrolysis) is 1. The molecular formula is C17H25FN2O3. The molecule has 1 aliphatic rings. The number of carbonyl (C=O) groups excluding carboxylic acids is 1. The summed E-state index contributed by atoms with van der Waals surface area (Å²) in [5.74, 6) is -0.981. The molecule has 1 aliphatic carbocycles. The second-order valence-electron chi connectivity index (χ2n) is 7.15. The molecule has 1 saturated carbocycles. The number of benzene rings is 1. The van der Waals surface area contributed by atoms with E-state index in [0.717, 1.165) is 24.8 Å². The van der Waals surface area contributed by atoms with Gasteiger partial charge in [-0.15, -0.1) is 0 Å². The van der Waals surface area contributed by atoms with Gasteiger partial charge >= 0.3 is 6.09 Å². The van der Waals surface area contributed by atoms with Gasteiger partial charge in [-0.1, -0.05) is 6.07 Å².